The molecular weight excluding hydrogens is 176 g/mol. The Morgan fingerprint density at radius 1 is 1.43 bits per heavy atom. The number of aromatic nitrogens is 2. The first-order chi connectivity index (χ1) is 6.81. The molecule has 0 amide bonds. The van der Waals surface area contributed by atoms with Crippen molar-refractivity contribution in [2.24, 2.45) is 0 Å². The first-order valence-electron chi connectivity index (χ1n) is 4.76. The van der Waals surface area contributed by atoms with Crippen molar-refractivity contribution in [3.63, 3.8) is 0 Å². The van der Waals surface area contributed by atoms with E-state index in [0.29, 0.717) is 11.7 Å². The fourth-order valence-electron chi connectivity index (χ4n) is 1.52. The molecule has 0 aromatic carbocycles. The topological polar surface area (TPSA) is 52.8 Å². The summed E-state index contributed by atoms with van der Waals surface area (Å²) >= 11 is 0. The zero-order chi connectivity index (χ0) is 9.97. The van der Waals surface area contributed by atoms with Crippen LogP contribution in [0.25, 0.3) is 0 Å². The molecule has 1 saturated carbocycles. The zero-order valence-corrected chi connectivity index (χ0v) is 8.14. The summed E-state index contributed by atoms with van der Waals surface area (Å²) in [6.07, 6.45) is 6.95. The van der Waals surface area contributed by atoms with E-state index in [4.69, 9.17) is 5.26 Å². The third-order valence-electron chi connectivity index (χ3n) is 2.74. The lowest BCUT2D eigenvalue weighted by Crippen LogP contribution is -2.37. The van der Waals surface area contributed by atoms with Crippen LogP contribution in [0.4, 0.5) is 5.82 Å². The van der Waals surface area contributed by atoms with Crippen molar-refractivity contribution in [3.8, 4) is 6.07 Å². The van der Waals surface area contributed by atoms with E-state index in [9.17, 15) is 0 Å². The molecule has 1 aliphatic rings. The van der Waals surface area contributed by atoms with Crippen molar-refractivity contribution in [1.82, 2.24) is 9.97 Å². The van der Waals surface area contributed by atoms with Gasteiger partial charge in [-0.1, -0.05) is 0 Å². The molecule has 0 spiro atoms. The fraction of sp³-hybridized carbons (Fsp3) is 0.500. The molecular formula is C10H12N4. The van der Waals surface area contributed by atoms with Gasteiger partial charge in [0.15, 0.2) is 5.69 Å². The van der Waals surface area contributed by atoms with Crippen molar-refractivity contribution in [1.29, 1.82) is 5.26 Å². The molecule has 0 bridgehead atoms. The Morgan fingerprint density at radius 2 is 2.21 bits per heavy atom. The summed E-state index contributed by atoms with van der Waals surface area (Å²) in [5.41, 5.74) is 0.371. The van der Waals surface area contributed by atoms with Crippen LogP contribution in [0.15, 0.2) is 12.4 Å². The molecule has 1 fully saturated rings. The number of nitrogens with zero attached hydrogens (tertiary/aromatic N) is 4. The summed E-state index contributed by atoms with van der Waals surface area (Å²) in [5.74, 6) is 0.855. The minimum absolute atomic E-state index is 0.371. The highest BCUT2D eigenvalue weighted by molar-refractivity contribution is 5.38. The molecule has 1 aliphatic carbocycles. The van der Waals surface area contributed by atoms with Crippen molar-refractivity contribution in [2.75, 3.05) is 11.9 Å². The average molecular weight is 188 g/mol. The molecule has 14 heavy (non-hydrogen) atoms. The summed E-state index contributed by atoms with van der Waals surface area (Å²) in [6, 6.07) is 2.57. The first kappa shape index (κ1) is 8.95. The molecule has 0 unspecified atom stereocenters. The van der Waals surface area contributed by atoms with E-state index in [2.05, 4.69) is 14.9 Å². The highest BCUT2D eigenvalue weighted by Gasteiger charge is 2.22. The van der Waals surface area contributed by atoms with Crippen LogP contribution >= 0.6 is 0 Å². The van der Waals surface area contributed by atoms with Gasteiger partial charge in [-0.2, -0.15) is 5.26 Å². The maximum atomic E-state index is 8.57. The Balaban J connectivity index is 2.12. The number of anilines is 1. The van der Waals surface area contributed by atoms with Crippen molar-refractivity contribution >= 4 is 5.82 Å². The normalized spacial score (nSPS) is 15.7. The SMILES string of the molecule is CN(c1cnc(C#N)cn1)C1CCC1. The lowest BCUT2D eigenvalue weighted by Gasteiger charge is -2.35. The van der Waals surface area contributed by atoms with Crippen molar-refractivity contribution in [2.45, 2.75) is 25.3 Å². The van der Waals surface area contributed by atoms with Gasteiger partial charge in [-0.25, -0.2) is 9.97 Å². The van der Waals surface area contributed by atoms with Crippen LogP contribution in [0, 0.1) is 11.3 Å². The molecule has 0 saturated heterocycles. The Morgan fingerprint density at radius 3 is 2.64 bits per heavy atom. The second kappa shape index (κ2) is 3.62. The van der Waals surface area contributed by atoms with Gasteiger partial charge in [0.05, 0.1) is 12.4 Å². The van der Waals surface area contributed by atoms with Gasteiger partial charge < -0.3 is 4.90 Å². The van der Waals surface area contributed by atoms with Gasteiger partial charge in [-0.05, 0) is 19.3 Å². The molecule has 4 nitrogen and oxygen atoms in total. The van der Waals surface area contributed by atoms with E-state index < -0.39 is 0 Å². The minimum Gasteiger partial charge on any atom is -0.355 e. The first-order valence-corrected chi connectivity index (χ1v) is 4.76. The van der Waals surface area contributed by atoms with Crippen molar-refractivity contribution < 1.29 is 0 Å². The summed E-state index contributed by atoms with van der Waals surface area (Å²) in [4.78, 5) is 10.3. The van der Waals surface area contributed by atoms with Crippen LogP contribution in [0.2, 0.25) is 0 Å². The van der Waals surface area contributed by atoms with Crippen molar-refractivity contribution in [3.05, 3.63) is 18.1 Å². The second-order valence-electron chi connectivity index (χ2n) is 3.57. The van der Waals surface area contributed by atoms with Gasteiger partial charge >= 0.3 is 0 Å². The second-order valence-corrected chi connectivity index (χ2v) is 3.57. The van der Waals surface area contributed by atoms with Gasteiger partial charge in [0.2, 0.25) is 0 Å². The van der Waals surface area contributed by atoms with E-state index in [-0.39, 0.29) is 0 Å². The lowest BCUT2D eigenvalue weighted by molar-refractivity contribution is 0.399. The third-order valence-corrected chi connectivity index (χ3v) is 2.74. The fourth-order valence-corrected chi connectivity index (χ4v) is 1.52. The molecule has 2 rings (SSSR count). The van der Waals surface area contributed by atoms with E-state index in [1.165, 1.54) is 25.5 Å². The molecule has 0 radical (unpaired) electrons. The molecule has 4 heteroatoms. The predicted octanol–water partition coefficient (Wildman–Crippen LogP) is 1.34. The molecule has 0 N–H and O–H groups in total. The van der Waals surface area contributed by atoms with Gasteiger partial charge in [-0.15, -0.1) is 0 Å². The van der Waals surface area contributed by atoms with E-state index in [1.807, 2.05) is 13.1 Å². The maximum absolute atomic E-state index is 8.57. The Labute approximate surface area is 83.2 Å². The van der Waals surface area contributed by atoms with Gasteiger partial charge in [0, 0.05) is 13.1 Å². The number of rotatable bonds is 2. The Hall–Kier alpha value is -1.63. The van der Waals surface area contributed by atoms with Crippen LogP contribution in [-0.2, 0) is 0 Å². The molecule has 1 aromatic rings. The van der Waals surface area contributed by atoms with Crippen LogP contribution in [0.1, 0.15) is 25.0 Å². The van der Waals surface area contributed by atoms with E-state index in [0.717, 1.165) is 5.82 Å². The maximum Gasteiger partial charge on any atom is 0.158 e. The van der Waals surface area contributed by atoms with Gasteiger partial charge in [0.1, 0.15) is 11.9 Å². The minimum atomic E-state index is 0.371. The molecule has 0 atom stereocenters. The quantitative estimate of drug-likeness (QED) is 0.702. The molecule has 72 valence electrons. The smallest absolute Gasteiger partial charge is 0.158 e. The number of nitriles is 1. The Bertz CT molecular complexity index is 347. The Kier molecular flexibility index (Phi) is 2.32. The molecule has 0 aliphatic heterocycles. The number of hydrogen-bond acceptors (Lipinski definition) is 4. The lowest BCUT2D eigenvalue weighted by atomic mass is 9.92. The van der Waals surface area contributed by atoms with Crippen LogP contribution in [0.3, 0.4) is 0 Å². The monoisotopic (exact) mass is 188 g/mol. The van der Waals surface area contributed by atoms with E-state index in [1.54, 1.807) is 6.20 Å². The standard InChI is InChI=1S/C10H12N4/c1-14(9-3-2-4-9)10-7-12-8(5-11)6-13-10/h6-7,9H,2-4H2,1H3. The summed E-state index contributed by atoms with van der Waals surface area (Å²) in [5, 5.41) is 8.57. The highest BCUT2D eigenvalue weighted by Crippen LogP contribution is 2.26. The van der Waals surface area contributed by atoms with Crippen LogP contribution in [0.5, 0.6) is 0 Å². The molecule has 1 aromatic heterocycles. The van der Waals surface area contributed by atoms with Gasteiger partial charge in [0.25, 0.3) is 0 Å². The number of hydrogen-bond donors (Lipinski definition) is 0. The highest BCUT2D eigenvalue weighted by atomic mass is 15.2. The zero-order valence-electron chi connectivity index (χ0n) is 8.14. The van der Waals surface area contributed by atoms with Crippen LogP contribution in [-0.4, -0.2) is 23.1 Å². The average Bonchev–Trinajstić information content (AvgIpc) is 2.15. The summed E-state index contributed by atoms with van der Waals surface area (Å²) in [6.45, 7) is 0. The summed E-state index contributed by atoms with van der Waals surface area (Å²) in [7, 11) is 2.03. The van der Waals surface area contributed by atoms with Gasteiger partial charge in [-0.3, -0.25) is 0 Å². The van der Waals surface area contributed by atoms with Crippen LogP contribution < -0.4 is 4.90 Å². The predicted molar refractivity (Wildman–Crippen MR) is 52.8 cm³/mol. The third kappa shape index (κ3) is 1.53. The summed E-state index contributed by atoms with van der Waals surface area (Å²) < 4.78 is 0. The molecule has 1 heterocycles. The van der Waals surface area contributed by atoms with E-state index >= 15 is 0 Å². The largest absolute Gasteiger partial charge is 0.355 e.